The number of nitrogens with zero attached hydrogens (tertiary/aromatic N) is 1. The summed E-state index contributed by atoms with van der Waals surface area (Å²) in [6.07, 6.45) is -4.97. The van der Waals surface area contributed by atoms with Gasteiger partial charge in [-0.3, -0.25) is 4.90 Å². The molecule has 0 bridgehead atoms. The first kappa shape index (κ1) is 21.6. The van der Waals surface area contributed by atoms with E-state index in [0.29, 0.717) is 16.9 Å². The summed E-state index contributed by atoms with van der Waals surface area (Å²) in [4.78, 5) is 14.0. The number of hydrogen-bond acceptors (Lipinski definition) is 3. The quantitative estimate of drug-likeness (QED) is 0.677. The topological polar surface area (TPSA) is 38.8 Å². The van der Waals surface area contributed by atoms with Crippen LogP contribution in [0.4, 0.5) is 18.0 Å². The number of hydrogen-bond donors (Lipinski definition) is 0. The standard InChI is InChI=1S/C21H23F3NO3/c1-20(2,3)28-19(26)25(14-16-6-5-7-18(12-16)27-4)13-15-8-10-17(11-9-15)21(22,23)24/h5-11H,13-14H2,1-4H3. The summed E-state index contributed by atoms with van der Waals surface area (Å²) in [5.74, 6) is 0.524. The lowest BCUT2D eigenvalue weighted by Crippen LogP contribution is -2.36. The molecule has 7 heteroatoms. The van der Waals surface area contributed by atoms with E-state index < -0.39 is 23.4 Å². The molecular weight excluding hydrogens is 371 g/mol. The molecule has 0 aliphatic heterocycles. The number of methoxy groups -OCH3 is 1. The van der Waals surface area contributed by atoms with Gasteiger partial charge >= 0.3 is 12.3 Å². The summed E-state index contributed by atoms with van der Waals surface area (Å²) in [6, 6.07) is 13.0. The Morgan fingerprint density at radius 1 is 1.04 bits per heavy atom. The third-order valence-corrected chi connectivity index (χ3v) is 3.72. The van der Waals surface area contributed by atoms with Crippen LogP contribution in [0.1, 0.15) is 37.5 Å². The van der Waals surface area contributed by atoms with Gasteiger partial charge in [0.05, 0.1) is 19.2 Å². The maximum absolute atomic E-state index is 12.8. The summed E-state index contributed by atoms with van der Waals surface area (Å²) in [5.41, 5.74) is -0.187. The third-order valence-electron chi connectivity index (χ3n) is 3.72. The van der Waals surface area contributed by atoms with Crippen LogP contribution in [0.25, 0.3) is 0 Å². The highest BCUT2D eigenvalue weighted by Crippen LogP contribution is 2.29. The number of carbonyl (C=O) groups excluding carboxylic acids is 1. The van der Waals surface area contributed by atoms with Crippen LogP contribution in [0.2, 0.25) is 0 Å². The molecule has 2 rings (SSSR count). The first-order valence-electron chi connectivity index (χ1n) is 8.67. The van der Waals surface area contributed by atoms with E-state index in [1.807, 2.05) is 0 Å². The van der Waals surface area contributed by atoms with Gasteiger partial charge in [-0.05, 0) is 50.1 Å². The lowest BCUT2D eigenvalue weighted by atomic mass is 10.1. The number of ether oxygens (including phenoxy) is 2. The zero-order valence-electron chi connectivity index (χ0n) is 16.3. The predicted octanol–water partition coefficient (Wildman–Crippen LogP) is 5.45. The summed E-state index contributed by atoms with van der Waals surface area (Å²) in [6.45, 7) is 5.52. The van der Waals surface area contributed by atoms with Crippen molar-refractivity contribution in [2.75, 3.05) is 7.11 Å². The van der Waals surface area contributed by atoms with Crippen LogP contribution in [-0.4, -0.2) is 23.7 Å². The van der Waals surface area contributed by atoms with Crippen molar-refractivity contribution < 1.29 is 27.4 Å². The third kappa shape index (κ3) is 6.48. The van der Waals surface area contributed by atoms with Gasteiger partial charge in [0, 0.05) is 12.6 Å². The van der Waals surface area contributed by atoms with Crippen molar-refractivity contribution in [3.05, 3.63) is 65.2 Å². The SMILES string of the molecule is COc1[c]c(CN(Cc2ccc(C(F)(F)F)cc2)C(=O)OC(C)(C)C)ccc1. The molecule has 2 aromatic rings. The van der Waals surface area contributed by atoms with E-state index in [0.717, 1.165) is 12.1 Å². The van der Waals surface area contributed by atoms with Gasteiger partial charge < -0.3 is 9.47 Å². The van der Waals surface area contributed by atoms with E-state index in [1.165, 1.54) is 24.1 Å². The van der Waals surface area contributed by atoms with Crippen LogP contribution in [0.5, 0.6) is 5.75 Å². The summed E-state index contributed by atoms with van der Waals surface area (Å²) in [7, 11) is 1.52. The van der Waals surface area contributed by atoms with Gasteiger partial charge in [0.1, 0.15) is 11.4 Å². The molecule has 1 amide bonds. The van der Waals surface area contributed by atoms with E-state index in [2.05, 4.69) is 6.07 Å². The van der Waals surface area contributed by atoms with E-state index in [4.69, 9.17) is 9.47 Å². The van der Waals surface area contributed by atoms with Crippen LogP contribution in [0.15, 0.2) is 42.5 Å². The molecule has 0 saturated heterocycles. The van der Waals surface area contributed by atoms with E-state index in [-0.39, 0.29) is 13.1 Å². The Labute approximate surface area is 162 Å². The van der Waals surface area contributed by atoms with E-state index in [9.17, 15) is 18.0 Å². The van der Waals surface area contributed by atoms with Crippen molar-refractivity contribution in [3.8, 4) is 5.75 Å². The minimum Gasteiger partial charge on any atom is -0.496 e. The van der Waals surface area contributed by atoms with Gasteiger partial charge in [-0.25, -0.2) is 4.79 Å². The number of amides is 1. The monoisotopic (exact) mass is 394 g/mol. The van der Waals surface area contributed by atoms with Gasteiger partial charge in [-0.1, -0.05) is 24.3 Å². The van der Waals surface area contributed by atoms with Crippen LogP contribution in [-0.2, 0) is 24.0 Å². The zero-order valence-corrected chi connectivity index (χ0v) is 16.3. The average molecular weight is 394 g/mol. The van der Waals surface area contributed by atoms with Gasteiger partial charge in [-0.2, -0.15) is 13.2 Å². The van der Waals surface area contributed by atoms with Crippen LogP contribution < -0.4 is 4.74 Å². The van der Waals surface area contributed by atoms with Crippen LogP contribution in [0.3, 0.4) is 0 Å². The molecule has 0 unspecified atom stereocenters. The number of benzene rings is 2. The van der Waals surface area contributed by atoms with Crippen molar-refractivity contribution in [3.63, 3.8) is 0 Å². The number of halogens is 3. The maximum atomic E-state index is 12.8. The molecule has 0 spiro atoms. The second-order valence-electron chi connectivity index (χ2n) is 7.28. The molecule has 0 aliphatic rings. The average Bonchev–Trinajstić information content (AvgIpc) is 2.59. The van der Waals surface area contributed by atoms with E-state index in [1.54, 1.807) is 39.0 Å². The number of alkyl halides is 3. The highest BCUT2D eigenvalue weighted by Gasteiger charge is 2.30. The molecule has 0 heterocycles. The van der Waals surface area contributed by atoms with Crippen molar-refractivity contribution in [1.82, 2.24) is 4.90 Å². The molecule has 0 N–H and O–H groups in total. The molecule has 1 radical (unpaired) electrons. The van der Waals surface area contributed by atoms with Crippen LogP contribution in [0, 0.1) is 6.07 Å². The second-order valence-corrected chi connectivity index (χ2v) is 7.28. The Balaban J connectivity index is 2.23. The van der Waals surface area contributed by atoms with Crippen LogP contribution >= 0.6 is 0 Å². The lowest BCUT2D eigenvalue weighted by molar-refractivity contribution is -0.137. The van der Waals surface area contributed by atoms with Crippen molar-refractivity contribution in [2.24, 2.45) is 0 Å². The zero-order chi connectivity index (χ0) is 20.9. The van der Waals surface area contributed by atoms with Gasteiger partial charge in [0.15, 0.2) is 0 Å². The Kier molecular flexibility index (Phi) is 6.59. The Morgan fingerprint density at radius 3 is 2.21 bits per heavy atom. The fourth-order valence-electron chi connectivity index (χ4n) is 2.44. The first-order valence-corrected chi connectivity index (χ1v) is 8.67. The van der Waals surface area contributed by atoms with Gasteiger partial charge in [0.25, 0.3) is 0 Å². The molecular formula is C21H23F3NO3. The second kappa shape index (κ2) is 8.54. The highest BCUT2D eigenvalue weighted by atomic mass is 19.4. The fraction of sp³-hybridized carbons (Fsp3) is 0.381. The molecule has 0 saturated carbocycles. The molecule has 151 valence electrons. The lowest BCUT2D eigenvalue weighted by Gasteiger charge is -2.27. The molecule has 0 atom stereocenters. The fourth-order valence-corrected chi connectivity index (χ4v) is 2.44. The Bertz CT molecular complexity index is 796. The first-order chi connectivity index (χ1) is 13.0. The molecule has 28 heavy (non-hydrogen) atoms. The summed E-state index contributed by atoms with van der Waals surface area (Å²) in [5, 5.41) is 0. The predicted molar refractivity (Wildman–Crippen MR) is 98.8 cm³/mol. The number of rotatable bonds is 5. The molecule has 0 aliphatic carbocycles. The molecule has 4 nitrogen and oxygen atoms in total. The molecule has 2 aromatic carbocycles. The molecule has 0 aromatic heterocycles. The minimum absolute atomic E-state index is 0.0953. The van der Waals surface area contributed by atoms with Gasteiger partial charge in [-0.15, -0.1) is 0 Å². The summed E-state index contributed by atoms with van der Waals surface area (Å²) < 4.78 is 48.8. The Morgan fingerprint density at radius 2 is 1.68 bits per heavy atom. The maximum Gasteiger partial charge on any atom is 0.416 e. The largest absolute Gasteiger partial charge is 0.496 e. The highest BCUT2D eigenvalue weighted by molar-refractivity contribution is 5.68. The Hall–Kier alpha value is -2.70. The van der Waals surface area contributed by atoms with Gasteiger partial charge in [0.2, 0.25) is 0 Å². The normalized spacial score (nSPS) is 11.8. The summed E-state index contributed by atoms with van der Waals surface area (Å²) >= 11 is 0. The number of carbonyl (C=O) groups is 1. The van der Waals surface area contributed by atoms with Crippen molar-refractivity contribution in [2.45, 2.75) is 45.6 Å². The van der Waals surface area contributed by atoms with Crippen molar-refractivity contribution >= 4 is 6.09 Å². The van der Waals surface area contributed by atoms with E-state index >= 15 is 0 Å². The molecule has 0 fully saturated rings. The smallest absolute Gasteiger partial charge is 0.416 e. The van der Waals surface area contributed by atoms with Crippen molar-refractivity contribution in [1.29, 1.82) is 0 Å². The minimum atomic E-state index is -4.40.